The van der Waals surface area contributed by atoms with Crippen molar-refractivity contribution in [2.45, 2.75) is 56.5 Å². The molecule has 1 aromatic rings. The number of rotatable bonds is 10. The van der Waals surface area contributed by atoms with Crippen LogP contribution >= 0.6 is 12.4 Å². The molecule has 6 nitrogen and oxygen atoms in total. The summed E-state index contributed by atoms with van der Waals surface area (Å²) >= 11 is 0. The van der Waals surface area contributed by atoms with Gasteiger partial charge in [-0.1, -0.05) is 38.8 Å². The van der Waals surface area contributed by atoms with Crippen LogP contribution in [-0.2, 0) is 20.8 Å². The minimum atomic E-state index is -4.61. The topological polar surface area (TPSA) is 120 Å². The maximum absolute atomic E-state index is 12.8. The summed E-state index contributed by atoms with van der Waals surface area (Å²) in [5.41, 5.74) is 7.17. The number of benzene rings is 1. The third-order valence-corrected chi connectivity index (χ3v) is 6.82. The molecule has 0 unspecified atom stereocenters. The number of primary amides is 1. The van der Waals surface area contributed by atoms with E-state index < -0.39 is 49.8 Å². The summed E-state index contributed by atoms with van der Waals surface area (Å²) in [6.45, 7) is 3.60. The van der Waals surface area contributed by atoms with Crippen LogP contribution in [0.3, 0.4) is 0 Å². The Hall–Kier alpha value is -1.65. The van der Waals surface area contributed by atoms with Crippen LogP contribution in [-0.4, -0.2) is 36.6 Å². The molecule has 0 bridgehead atoms. The Labute approximate surface area is 174 Å². The number of halogens is 4. The predicted octanol–water partition coefficient (Wildman–Crippen LogP) is 2.88. The Morgan fingerprint density at radius 1 is 1.03 bits per heavy atom. The Bertz CT molecular complexity index is 807. The van der Waals surface area contributed by atoms with E-state index in [9.17, 15) is 31.2 Å². The first kappa shape index (κ1) is 27.4. The molecule has 1 rings (SSSR count). The molecule has 1 atom stereocenters. The molecule has 166 valence electrons. The lowest BCUT2D eigenvalue weighted by Crippen LogP contribution is -2.63. The van der Waals surface area contributed by atoms with Gasteiger partial charge >= 0.3 is 6.18 Å². The number of nitrogens with two attached hydrogens (primary N) is 2. The molecule has 29 heavy (non-hydrogen) atoms. The van der Waals surface area contributed by atoms with E-state index in [1.807, 2.05) is 0 Å². The summed E-state index contributed by atoms with van der Waals surface area (Å²) in [6.07, 6.45) is -2.79. The molecule has 0 aliphatic heterocycles. The normalized spacial score (nSPS) is 14.2. The van der Waals surface area contributed by atoms with Crippen molar-refractivity contribution in [1.29, 1.82) is 0 Å². The first-order valence-electron chi connectivity index (χ1n) is 8.82. The van der Waals surface area contributed by atoms with E-state index in [-0.39, 0.29) is 18.0 Å². The van der Waals surface area contributed by atoms with Crippen LogP contribution in [0.2, 0.25) is 0 Å². The van der Waals surface area contributed by atoms with Crippen LogP contribution in [0.15, 0.2) is 24.3 Å². The standard InChI is InChI=1S/C18H25F3N2O4S.ClH/c1-3-5-14(6-4-2)28(26,27)11-17(23,16(22)25)15(24)12-7-9-13(10-8-12)18(19,20)21;/h7-10,14H,3-6,11,23H2,1-2H3,(H2,22,25);1H/t17-;/m1./s1. The van der Waals surface area contributed by atoms with Crippen molar-refractivity contribution in [2.24, 2.45) is 11.5 Å². The number of amides is 1. The monoisotopic (exact) mass is 458 g/mol. The second-order valence-electron chi connectivity index (χ2n) is 6.75. The summed E-state index contributed by atoms with van der Waals surface area (Å²) in [7, 11) is -3.96. The van der Waals surface area contributed by atoms with Gasteiger partial charge in [-0.05, 0) is 25.0 Å². The van der Waals surface area contributed by atoms with E-state index in [1.54, 1.807) is 13.8 Å². The van der Waals surface area contributed by atoms with Crippen molar-refractivity contribution in [2.75, 3.05) is 5.75 Å². The highest BCUT2D eigenvalue weighted by Gasteiger charge is 2.46. The Kier molecular flexibility index (Phi) is 9.81. The Balaban J connectivity index is 0.00000784. The molecule has 0 heterocycles. The summed E-state index contributed by atoms with van der Waals surface area (Å²) in [6, 6.07) is 3.00. The summed E-state index contributed by atoms with van der Waals surface area (Å²) in [5, 5.41) is -0.787. The molecule has 1 aromatic carbocycles. The number of hydrogen-bond donors (Lipinski definition) is 2. The number of Topliss-reactive ketones (excluding diaryl/α,β-unsaturated/α-hetero) is 1. The van der Waals surface area contributed by atoms with Crippen LogP contribution in [0.4, 0.5) is 13.2 Å². The zero-order chi connectivity index (χ0) is 21.8. The van der Waals surface area contributed by atoms with Gasteiger partial charge in [0.1, 0.15) is 0 Å². The minimum absolute atomic E-state index is 0. The zero-order valence-corrected chi connectivity index (χ0v) is 17.8. The Morgan fingerprint density at radius 3 is 1.83 bits per heavy atom. The number of carbonyl (C=O) groups excluding carboxylic acids is 2. The van der Waals surface area contributed by atoms with Crippen LogP contribution < -0.4 is 11.5 Å². The first-order valence-corrected chi connectivity index (χ1v) is 10.5. The van der Waals surface area contributed by atoms with E-state index in [1.165, 1.54) is 0 Å². The van der Waals surface area contributed by atoms with E-state index in [2.05, 4.69) is 0 Å². The van der Waals surface area contributed by atoms with Gasteiger partial charge in [-0.2, -0.15) is 13.2 Å². The van der Waals surface area contributed by atoms with Crippen molar-refractivity contribution in [1.82, 2.24) is 0 Å². The molecule has 4 N–H and O–H groups in total. The fourth-order valence-corrected chi connectivity index (χ4v) is 5.23. The lowest BCUT2D eigenvalue weighted by Gasteiger charge is -2.27. The quantitative estimate of drug-likeness (QED) is 0.412. The second-order valence-corrected chi connectivity index (χ2v) is 9.03. The van der Waals surface area contributed by atoms with Crippen molar-refractivity contribution in [3.8, 4) is 0 Å². The van der Waals surface area contributed by atoms with Gasteiger partial charge in [0, 0.05) is 5.56 Å². The van der Waals surface area contributed by atoms with Crippen molar-refractivity contribution >= 4 is 33.9 Å². The van der Waals surface area contributed by atoms with Gasteiger partial charge in [0.05, 0.1) is 16.6 Å². The molecule has 0 radical (unpaired) electrons. The van der Waals surface area contributed by atoms with Gasteiger partial charge in [0.15, 0.2) is 21.2 Å². The molecule has 0 aromatic heterocycles. The van der Waals surface area contributed by atoms with E-state index in [0.717, 1.165) is 12.1 Å². The first-order chi connectivity index (χ1) is 12.8. The molecular formula is C18H26ClF3N2O4S. The molecule has 11 heteroatoms. The van der Waals surface area contributed by atoms with Gasteiger partial charge in [0.25, 0.3) is 0 Å². The molecule has 1 amide bonds. The van der Waals surface area contributed by atoms with Gasteiger partial charge < -0.3 is 11.5 Å². The van der Waals surface area contributed by atoms with Crippen LogP contribution in [0.25, 0.3) is 0 Å². The van der Waals surface area contributed by atoms with Gasteiger partial charge in [-0.25, -0.2) is 8.42 Å². The van der Waals surface area contributed by atoms with Crippen molar-refractivity contribution < 1.29 is 31.2 Å². The van der Waals surface area contributed by atoms with Gasteiger partial charge in [-0.3, -0.25) is 9.59 Å². The summed E-state index contributed by atoms with van der Waals surface area (Å²) < 4.78 is 63.6. The lowest BCUT2D eigenvalue weighted by atomic mass is 9.91. The van der Waals surface area contributed by atoms with Gasteiger partial charge in [-0.15, -0.1) is 12.4 Å². The SMILES string of the molecule is CCCC(CCC)S(=O)(=O)C[C@](N)(C(N)=O)C(=O)c1ccc(C(F)(F)F)cc1.Cl. The molecule has 0 saturated carbocycles. The van der Waals surface area contributed by atoms with E-state index >= 15 is 0 Å². The number of sulfone groups is 1. The number of hydrogen-bond acceptors (Lipinski definition) is 5. The summed E-state index contributed by atoms with van der Waals surface area (Å²) in [4.78, 5) is 24.6. The molecule has 0 aliphatic carbocycles. The van der Waals surface area contributed by atoms with Crippen LogP contribution in [0.5, 0.6) is 0 Å². The predicted molar refractivity (Wildman–Crippen MR) is 107 cm³/mol. The summed E-state index contributed by atoms with van der Waals surface area (Å²) in [5.74, 6) is -3.49. The number of ketones is 1. The molecular weight excluding hydrogens is 433 g/mol. The van der Waals surface area contributed by atoms with Crippen molar-refractivity contribution in [3.05, 3.63) is 35.4 Å². The third-order valence-electron chi connectivity index (χ3n) is 4.48. The molecule has 0 fully saturated rings. The van der Waals surface area contributed by atoms with Gasteiger partial charge in [0.2, 0.25) is 5.91 Å². The van der Waals surface area contributed by atoms with Crippen LogP contribution in [0, 0.1) is 0 Å². The highest BCUT2D eigenvalue weighted by atomic mass is 35.5. The second kappa shape index (κ2) is 10.4. The van der Waals surface area contributed by atoms with Crippen LogP contribution in [0.1, 0.15) is 55.5 Å². The number of carbonyl (C=O) groups is 2. The minimum Gasteiger partial charge on any atom is -0.368 e. The van der Waals surface area contributed by atoms with E-state index in [4.69, 9.17) is 11.5 Å². The molecule has 0 aliphatic rings. The highest BCUT2D eigenvalue weighted by Crippen LogP contribution is 2.30. The zero-order valence-electron chi connectivity index (χ0n) is 16.2. The lowest BCUT2D eigenvalue weighted by molar-refractivity contribution is -0.137. The number of alkyl halides is 3. The molecule has 0 saturated heterocycles. The fraction of sp³-hybridized carbons (Fsp3) is 0.556. The third kappa shape index (κ3) is 6.68. The maximum Gasteiger partial charge on any atom is 0.416 e. The average molecular weight is 459 g/mol. The van der Waals surface area contributed by atoms with E-state index in [0.29, 0.717) is 37.8 Å². The largest absolute Gasteiger partial charge is 0.416 e. The average Bonchev–Trinajstić information content (AvgIpc) is 2.59. The smallest absolute Gasteiger partial charge is 0.368 e. The highest BCUT2D eigenvalue weighted by molar-refractivity contribution is 7.92. The fourth-order valence-electron chi connectivity index (χ4n) is 2.90. The Morgan fingerprint density at radius 2 is 1.48 bits per heavy atom. The maximum atomic E-state index is 12.8. The molecule has 0 spiro atoms. The van der Waals surface area contributed by atoms with Crippen molar-refractivity contribution in [3.63, 3.8) is 0 Å².